The molecule has 0 fully saturated rings. The molecule has 0 radical (unpaired) electrons. The molecule has 1 heterocycles. The predicted octanol–water partition coefficient (Wildman–Crippen LogP) is 3.28. The highest BCUT2D eigenvalue weighted by atomic mass is 15.3. The number of rotatable bonds is 6. The third-order valence-electron chi connectivity index (χ3n) is 3.09. The monoisotopic (exact) mass is 255 g/mol. The lowest BCUT2D eigenvalue weighted by Crippen LogP contribution is -2.15. The summed E-state index contributed by atoms with van der Waals surface area (Å²) in [6, 6.07) is 10.4. The van der Waals surface area contributed by atoms with Gasteiger partial charge in [0.15, 0.2) is 0 Å². The Kier molecular flexibility index (Phi) is 4.93. The van der Waals surface area contributed by atoms with Crippen molar-refractivity contribution in [3.8, 4) is 5.69 Å². The molecule has 0 bridgehead atoms. The highest BCUT2D eigenvalue weighted by Gasteiger charge is 1.97. The summed E-state index contributed by atoms with van der Waals surface area (Å²) in [6.07, 6.45) is 7.08. The Morgan fingerprint density at radius 2 is 2.05 bits per heavy atom. The number of likely N-dealkylation sites (N-methyl/N-ethyl adjacent to an activating group) is 1. The van der Waals surface area contributed by atoms with Crippen molar-refractivity contribution >= 4 is 6.08 Å². The van der Waals surface area contributed by atoms with Crippen LogP contribution in [-0.4, -0.2) is 22.9 Å². The minimum absolute atomic E-state index is 0.966. The van der Waals surface area contributed by atoms with Gasteiger partial charge in [-0.05, 0) is 36.7 Å². The Balaban J connectivity index is 2.11. The summed E-state index contributed by atoms with van der Waals surface area (Å²) < 4.78 is 1.87. The maximum absolute atomic E-state index is 4.23. The maximum Gasteiger partial charge on any atom is 0.0645 e. The molecule has 0 aliphatic carbocycles. The molecule has 0 atom stereocenters. The molecule has 0 saturated heterocycles. The molecule has 100 valence electrons. The van der Waals surface area contributed by atoms with Crippen LogP contribution in [0.25, 0.3) is 11.8 Å². The second-order valence-corrected chi connectivity index (χ2v) is 4.48. The van der Waals surface area contributed by atoms with Crippen LogP contribution in [0.2, 0.25) is 0 Å². The molecule has 3 heteroatoms. The third-order valence-corrected chi connectivity index (χ3v) is 3.09. The van der Waals surface area contributed by atoms with Gasteiger partial charge in [-0.15, -0.1) is 0 Å². The van der Waals surface area contributed by atoms with Crippen LogP contribution in [0.4, 0.5) is 0 Å². The Morgan fingerprint density at radius 1 is 1.26 bits per heavy atom. The van der Waals surface area contributed by atoms with E-state index < -0.39 is 0 Å². The van der Waals surface area contributed by atoms with Gasteiger partial charge in [-0.1, -0.05) is 37.6 Å². The van der Waals surface area contributed by atoms with Gasteiger partial charge in [0, 0.05) is 18.9 Å². The fraction of sp³-hybridized carbons (Fsp3) is 0.312. The summed E-state index contributed by atoms with van der Waals surface area (Å²) in [4.78, 5) is 0. The van der Waals surface area contributed by atoms with Crippen LogP contribution in [-0.2, 0) is 0 Å². The van der Waals surface area contributed by atoms with Crippen molar-refractivity contribution < 1.29 is 0 Å². The lowest BCUT2D eigenvalue weighted by atomic mass is 10.1. The number of hydrogen-bond donors (Lipinski definition) is 1. The summed E-state index contributed by atoms with van der Waals surface area (Å²) in [6.45, 7) is 6.30. The van der Waals surface area contributed by atoms with E-state index in [2.05, 4.69) is 54.6 Å². The van der Waals surface area contributed by atoms with E-state index >= 15 is 0 Å². The van der Waals surface area contributed by atoms with E-state index in [9.17, 15) is 0 Å². The van der Waals surface area contributed by atoms with E-state index in [1.165, 1.54) is 11.1 Å². The van der Waals surface area contributed by atoms with Crippen molar-refractivity contribution in [2.75, 3.05) is 13.1 Å². The molecule has 19 heavy (non-hydrogen) atoms. The molecule has 1 N–H and O–H groups in total. The Hall–Kier alpha value is -1.87. The van der Waals surface area contributed by atoms with Gasteiger partial charge in [0.05, 0.1) is 5.69 Å². The molecule has 3 nitrogen and oxygen atoms in total. The highest BCUT2D eigenvalue weighted by molar-refractivity contribution is 5.55. The van der Waals surface area contributed by atoms with Gasteiger partial charge >= 0.3 is 0 Å². The van der Waals surface area contributed by atoms with Gasteiger partial charge in [0.2, 0.25) is 0 Å². The van der Waals surface area contributed by atoms with Crippen LogP contribution in [0, 0.1) is 0 Å². The molecular formula is C16H21N3. The second kappa shape index (κ2) is 6.90. The normalized spacial score (nSPS) is 11.8. The van der Waals surface area contributed by atoms with Crippen LogP contribution < -0.4 is 5.32 Å². The quantitative estimate of drug-likeness (QED) is 0.858. The zero-order chi connectivity index (χ0) is 13.5. The van der Waals surface area contributed by atoms with E-state index in [-0.39, 0.29) is 0 Å². The lowest BCUT2D eigenvalue weighted by Gasteiger charge is -2.06. The van der Waals surface area contributed by atoms with Gasteiger partial charge in [0.1, 0.15) is 0 Å². The first-order valence-electron chi connectivity index (χ1n) is 6.83. The number of nitrogens with one attached hydrogen (secondary N) is 1. The van der Waals surface area contributed by atoms with Crippen molar-refractivity contribution in [1.29, 1.82) is 0 Å². The van der Waals surface area contributed by atoms with E-state index in [0.29, 0.717) is 0 Å². The summed E-state index contributed by atoms with van der Waals surface area (Å²) >= 11 is 0. The minimum Gasteiger partial charge on any atom is -0.313 e. The van der Waals surface area contributed by atoms with Gasteiger partial charge in [0.25, 0.3) is 0 Å². The fourth-order valence-corrected chi connectivity index (χ4v) is 1.94. The van der Waals surface area contributed by atoms with Crippen LogP contribution in [0.3, 0.4) is 0 Å². The van der Waals surface area contributed by atoms with Crippen molar-refractivity contribution in [2.45, 2.75) is 20.3 Å². The average Bonchev–Trinajstić information content (AvgIpc) is 2.98. The fourth-order valence-electron chi connectivity index (χ4n) is 1.94. The van der Waals surface area contributed by atoms with E-state index in [1.54, 1.807) is 6.20 Å². The second-order valence-electron chi connectivity index (χ2n) is 4.48. The average molecular weight is 255 g/mol. The van der Waals surface area contributed by atoms with Crippen molar-refractivity contribution in [3.05, 3.63) is 53.9 Å². The first-order valence-corrected chi connectivity index (χ1v) is 6.83. The smallest absolute Gasteiger partial charge is 0.0645 e. The molecule has 1 aromatic carbocycles. The van der Waals surface area contributed by atoms with Gasteiger partial charge in [-0.25, -0.2) is 4.68 Å². The van der Waals surface area contributed by atoms with Crippen LogP contribution >= 0.6 is 0 Å². The standard InChI is InChI=1S/C16H21N3/c1-3-14(13-17-4-2)12-15-6-8-16(9-7-15)19-11-5-10-18-19/h5-12,17H,3-4,13H2,1-2H3. The van der Waals surface area contributed by atoms with Crippen molar-refractivity contribution in [1.82, 2.24) is 15.1 Å². The van der Waals surface area contributed by atoms with Crippen LogP contribution in [0.15, 0.2) is 48.3 Å². The number of hydrogen-bond acceptors (Lipinski definition) is 2. The van der Waals surface area contributed by atoms with Crippen LogP contribution in [0.5, 0.6) is 0 Å². The summed E-state index contributed by atoms with van der Waals surface area (Å²) in [5.74, 6) is 0. The maximum atomic E-state index is 4.23. The molecule has 1 aromatic heterocycles. The van der Waals surface area contributed by atoms with Crippen molar-refractivity contribution in [3.63, 3.8) is 0 Å². The molecule has 2 rings (SSSR count). The summed E-state index contributed by atoms with van der Waals surface area (Å²) in [5, 5.41) is 7.60. The lowest BCUT2D eigenvalue weighted by molar-refractivity contribution is 0.762. The topological polar surface area (TPSA) is 29.9 Å². The Labute approximate surface area is 115 Å². The van der Waals surface area contributed by atoms with Crippen LogP contribution in [0.1, 0.15) is 25.8 Å². The minimum atomic E-state index is 0.966. The molecule has 0 aliphatic rings. The number of aromatic nitrogens is 2. The molecule has 0 amide bonds. The van der Waals surface area contributed by atoms with Crippen molar-refractivity contribution in [2.24, 2.45) is 0 Å². The van der Waals surface area contributed by atoms with E-state index in [4.69, 9.17) is 0 Å². The third kappa shape index (κ3) is 3.80. The summed E-state index contributed by atoms with van der Waals surface area (Å²) in [7, 11) is 0. The van der Waals surface area contributed by atoms with Gasteiger partial charge in [-0.3, -0.25) is 0 Å². The predicted molar refractivity (Wildman–Crippen MR) is 80.4 cm³/mol. The van der Waals surface area contributed by atoms with E-state index in [1.807, 2.05) is 16.9 Å². The summed E-state index contributed by atoms with van der Waals surface area (Å²) in [5.41, 5.74) is 3.76. The number of benzene rings is 1. The molecule has 2 aromatic rings. The number of nitrogens with zero attached hydrogens (tertiary/aromatic N) is 2. The first kappa shape index (κ1) is 13.6. The zero-order valence-corrected chi connectivity index (χ0v) is 11.6. The molecule has 0 saturated carbocycles. The Morgan fingerprint density at radius 3 is 2.63 bits per heavy atom. The largest absolute Gasteiger partial charge is 0.313 e. The molecular weight excluding hydrogens is 234 g/mol. The molecule has 0 spiro atoms. The zero-order valence-electron chi connectivity index (χ0n) is 11.6. The van der Waals surface area contributed by atoms with Gasteiger partial charge in [-0.2, -0.15) is 5.10 Å². The SMILES string of the molecule is CCNCC(=Cc1ccc(-n2cccn2)cc1)CC. The molecule has 0 aliphatic heterocycles. The Bertz CT molecular complexity index is 509. The molecule has 0 unspecified atom stereocenters. The first-order chi connectivity index (χ1) is 9.33. The van der Waals surface area contributed by atoms with Gasteiger partial charge < -0.3 is 5.32 Å². The highest BCUT2D eigenvalue weighted by Crippen LogP contribution is 2.13. The van der Waals surface area contributed by atoms with E-state index in [0.717, 1.165) is 25.2 Å².